The third kappa shape index (κ3) is 4.29. The molecule has 0 bridgehead atoms. The largest absolute Gasteiger partial charge is 0.349 e. The Morgan fingerprint density at radius 1 is 1.38 bits per heavy atom. The van der Waals surface area contributed by atoms with Crippen LogP contribution in [0.1, 0.15) is 30.5 Å². The summed E-state index contributed by atoms with van der Waals surface area (Å²) in [6.07, 6.45) is 0.852. The van der Waals surface area contributed by atoms with Crippen molar-refractivity contribution in [3.05, 3.63) is 35.4 Å². The second kappa shape index (κ2) is 7.21. The molecule has 21 heavy (non-hydrogen) atoms. The number of benzene rings is 1. The second-order valence-electron chi connectivity index (χ2n) is 4.81. The zero-order valence-corrected chi connectivity index (χ0v) is 13.2. The average Bonchev–Trinajstić information content (AvgIpc) is 2.89. The summed E-state index contributed by atoms with van der Waals surface area (Å²) in [5, 5.41) is 14.8. The minimum absolute atomic E-state index is 0.0181. The fourth-order valence-corrected chi connectivity index (χ4v) is 2.59. The van der Waals surface area contributed by atoms with E-state index in [0.29, 0.717) is 10.9 Å². The number of amides is 1. The van der Waals surface area contributed by atoms with Crippen molar-refractivity contribution in [3.8, 4) is 0 Å². The lowest BCUT2D eigenvalue weighted by atomic mass is 10.0. The minimum Gasteiger partial charge on any atom is -0.349 e. The van der Waals surface area contributed by atoms with Crippen LogP contribution in [0.3, 0.4) is 0 Å². The molecule has 1 aromatic heterocycles. The number of aromatic nitrogens is 4. The normalized spacial score (nSPS) is 12.1. The smallest absolute Gasteiger partial charge is 0.230 e. The molecule has 112 valence electrons. The molecular formula is C14H19N5OS. The highest BCUT2D eigenvalue weighted by Gasteiger charge is 2.14. The van der Waals surface area contributed by atoms with Gasteiger partial charge in [0.15, 0.2) is 0 Å². The number of carbonyl (C=O) groups excluding carboxylic acids is 1. The maximum absolute atomic E-state index is 12.0. The number of nitrogens with zero attached hydrogens (tertiary/aromatic N) is 4. The predicted molar refractivity (Wildman–Crippen MR) is 81.9 cm³/mol. The topological polar surface area (TPSA) is 72.7 Å². The molecule has 1 N–H and O–H groups in total. The molecule has 2 rings (SSSR count). The molecule has 0 aliphatic carbocycles. The fraction of sp³-hybridized carbons (Fsp3) is 0.429. The average molecular weight is 305 g/mol. The van der Waals surface area contributed by atoms with Crippen LogP contribution in [0.5, 0.6) is 0 Å². The maximum Gasteiger partial charge on any atom is 0.230 e. The van der Waals surface area contributed by atoms with Gasteiger partial charge in [0.25, 0.3) is 0 Å². The van der Waals surface area contributed by atoms with Crippen molar-refractivity contribution < 1.29 is 4.79 Å². The highest BCUT2D eigenvalue weighted by Crippen LogP contribution is 2.18. The van der Waals surface area contributed by atoms with Gasteiger partial charge in [-0.05, 0) is 29.3 Å². The summed E-state index contributed by atoms with van der Waals surface area (Å²) in [6.45, 7) is 4.11. The van der Waals surface area contributed by atoms with Gasteiger partial charge in [0, 0.05) is 7.05 Å². The van der Waals surface area contributed by atoms with E-state index in [9.17, 15) is 4.79 Å². The van der Waals surface area contributed by atoms with Gasteiger partial charge in [0.2, 0.25) is 11.1 Å². The molecule has 0 aliphatic rings. The Hall–Kier alpha value is -1.89. The van der Waals surface area contributed by atoms with Gasteiger partial charge in [-0.25, -0.2) is 4.68 Å². The summed E-state index contributed by atoms with van der Waals surface area (Å²) >= 11 is 1.33. The Kier molecular flexibility index (Phi) is 5.32. The molecule has 2 aromatic rings. The van der Waals surface area contributed by atoms with E-state index in [1.807, 2.05) is 0 Å². The summed E-state index contributed by atoms with van der Waals surface area (Å²) in [5.41, 5.74) is 2.34. The second-order valence-corrected chi connectivity index (χ2v) is 5.76. The number of hydrogen-bond donors (Lipinski definition) is 1. The van der Waals surface area contributed by atoms with Crippen LogP contribution in [0.15, 0.2) is 29.4 Å². The van der Waals surface area contributed by atoms with E-state index in [1.165, 1.54) is 17.3 Å². The molecule has 0 fully saturated rings. The lowest BCUT2D eigenvalue weighted by Crippen LogP contribution is -2.29. The predicted octanol–water partition coefficient (Wildman–Crippen LogP) is 1.88. The van der Waals surface area contributed by atoms with E-state index in [-0.39, 0.29) is 11.9 Å². The molecule has 1 unspecified atom stereocenters. The highest BCUT2D eigenvalue weighted by molar-refractivity contribution is 7.99. The summed E-state index contributed by atoms with van der Waals surface area (Å²) in [7, 11) is 1.75. The Labute approximate surface area is 128 Å². The third-order valence-electron chi connectivity index (χ3n) is 3.14. The first kappa shape index (κ1) is 15.5. The number of tetrazole rings is 1. The highest BCUT2D eigenvalue weighted by atomic mass is 32.2. The summed E-state index contributed by atoms with van der Waals surface area (Å²) in [5.74, 6) is 0.284. The number of thioether (sulfide) groups is 1. The Morgan fingerprint density at radius 2 is 2.10 bits per heavy atom. The quantitative estimate of drug-likeness (QED) is 0.825. The molecule has 6 nitrogen and oxygen atoms in total. The number of rotatable bonds is 6. The first-order valence-corrected chi connectivity index (χ1v) is 7.79. The summed E-state index contributed by atoms with van der Waals surface area (Å²) in [6, 6.07) is 8.28. The summed E-state index contributed by atoms with van der Waals surface area (Å²) < 4.78 is 1.55. The van der Waals surface area contributed by atoms with E-state index in [1.54, 1.807) is 11.7 Å². The van der Waals surface area contributed by atoms with Crippen LogP contribution in [-0.4, -0.2) is 31.9 Å². The van der Waals surface area contributed by atoms with Crippen LogP contribution < -0.4 is 5.32 Å². The Bertz CT molecular complexity index is 596. The van der Waals surface area contributed by atoms with E-state index >= 15 is 0 Å². The summed E-state index contributed by atoms with van der Waals surface area (Å²) in [4.78, 5) is 12.0. The van der Waals surface area contributed by atoms with Crippen molar-refractivity contribution in [2.45, 2.75) is 31.5 Å². The maximum atomic E-state index is 12.0. The van der Waals surface area contributed by atoms with Gasteiger partial charge >= 0.3 is 0 Å². The molecule has 0 spiro atoms. The van der Waals surface area contributed by atoms with Crippen LogP contribution in [-0.2, 0) is 11.8 Å². The molecule has 0 radical (unpaired) electrons. The molecule has 0 saturated carbocycles. The van der Waals surface area contributed by atoms with Crippen molar-refractivity contribution >= 4 is 17.7 Å². The lowest BCUT2D eigenvalue weighted by Gasteiger charge is -2.17. The van der Waals surface area contributed by atoms with Gasteiger partial charge in [-0.3, -0.25) is 4.79 Å². The molecule has 0 aliphatic heterocycles. The van der Waals surface area contributed by atoms with E-state index in [0.717, 1.165) is 12.0 Å². The molecule has 1 heterocycles. The molecular weight excluding hydrogens is 286 g/mol. The van der Waals surface area contributed by atoms with Crippen molar-refractivity contribution in [1.82, 2.24) is 25.5 Å². The minimum atomic E-state index is -0.0181. The fourth-order valence-electron chi connectivity index (χ4n) is 1.93. The number of aryl methyl sites for hydroxylation is 2. The van der Waals surface area contributed by atoms with Crippen LogP contribution in [0.2, 0.25) is 0 Å². The molecule has 1 atom stereocenters. The Morgan fingerprint density at radius 3 is 2.67 bits per heavy atom. The van der Waals surface area contributed by atoms with Gasteiger partial charge in [-0.15, -0.1) is 5.10 Å². The van der Waals surface area contributed by atoms with Gasteiger partial charge in [-0.1, -0.05) is 48.5 Å². The van der Waals surface area contributed by atoms with Crippen LogP contribution in [0.25, 0.3) is 0 Å². The lowest BCUT2D eigenvalue weighted by molar-refractivity contribution is -0.119. The standard InChI is InChI=1S/C14H19N5OS/c1-4-12(11-7-5-10(2)6-8-11)15-13(20)9-21-14-16-17-18-19(14)3/h5-8,12H,4,9H2,1-3H3,(H,15,20). The first-order valence-electron chi connectivity index (χ1n) is 6.81. The van der Waals surface area contributed by atoms with Crippen LogP contribution >= 0.6 is 11.8 Å². The van der Waals surface area contributed by atoms with Gasteiger partial charge < -0.3 is 5.32 Å². The molecule has 1 amide bonds. The monoisotopic (exact) mass is 305 g/mol. The Balaban J connectivity index is 1.90. The zero-order valence-electron chi connectivity index (χ0n) is 12.4. The number of nitrogens with one attached hydrogen (secondary N) is 1. The SMILES string of the molecule is CCC(NC(=O)CSc1nnnn1C)c1ccc(C)cc1. The zero-order chi connectivity index (χ0) is 15.2. The van der Waals surface area contributed by atoms with Gasteiger partial charge in [-0.2, -0.15) is 0 Å². The third-order valence-corrected chi connectivity index (χ3v) is 4.15. The molecule has 1 aromatic carbocycles. The van der Waals surface area contributed by atoms with E-state index in [2.05, 4.69) is 59.0 Å². The van der Waals surface area contributed by atoms with Crippen LogP contribution in [0.4, 0.5) is 0 Å². The van der Waals surface area contributed by atoms with E-state index < -0.39 is 0 Å². The molecule has 7 heteroatoms. The first-order chi connectivity index (χ1) is 10.1. The molecule has 0 saturated heterocycles. The number of hydrogen-bond acceptors (Lipinski definition) is 5. The van der Waals surface area contributed by atoms with Crippen molar-refractivity contribution in [1.29, 1.82) is 0 Å². The van der Waals surface area contributed by atoms with Crippen molar-refractivity contribution in [2.75, 3.05) is 5.75 Å². The van der Waals surface area contributed by atoms with E-state index in [4.69, 9.17) is 0 Å². The van der Waals surface area contributed by atoms with Crippen LogP contribution in [0, 0.1) is 6.92 Å². The van der Waals surface area contributed by atoms with Gasteiger partial charge in [0.05, 0.1) is 11.8 Å². The van der Waals surface area contributed by atoms with Gasteiger partial charge in [0.1, 0.15) is 0 Å². The van der Waals surface area contributed by atoms with Crippen molar-refractivity contribution in [2.24, 2.45) is 7.05 Å². The van der Waals surface area contributed by atoms with Crippen molar-refractivity contribution in [3.63, 3.8) is 0 Å². The number of carbonyl (C=O) groups is 1.